The van der Waals surface area contributed by atoms with E-state index in [4.69, 9.17) is 16.0 Å². The number of hydrogen-bond acceptors (Lipinski definition) is 7. The lowest BCUT2D eigenvalue weighted by Crippen LogP contribution is -2.40. The van der Waals surface area contributed by atoms with Crippen molar-refractivity contribution in [3.05, 3.63) is 130 Å². The highest BCUT2D eigenvalue weighted by molar-refractivity contribution is 7.10. The zero-order chi connectivity index (χ0) is 28.7. The van der Waals surface area contributed by atoms with Gasteiger partial charge in [0.2, 0.25) is 0 Å². The quantitative estimate of drug-likeness (QED) is 0.265. The van der Waals surface area contributed by atoms with Gasteiger partial charge in [0, 0.05) is 22.2 Å². The van der Waals surface area contributed by atoms with Gasteiger partial charge in [-0.15, -0.1) is 11.3 Å². The van der Waals surface area contributed by atoms with Crippen LogP contribution in [0, 0.1) is 0 Å². The second-order valence-electron chi connectivity index (χ2n) is 9.12. The van der Waals surface area contributed by atoms with Crippen LogP contribution >= 0.6 is 34.3 Å². The van der Waals surface area contributed by atoms with Crippen molar-refractivity contribution in [2.75, 3.05) is 5.32 Å². The highest BCUT2D eigenvalue weighted by Gasteiger charge is 2.33. The number of furan rings is 1. The summed E-state index contributed by atoms with van der Waals surface area (Å²) in [5, 5.41) is 14.2. The largest absolute Gasteiger partial charge is 0.478 e. The molecule has 0 spiro atoms. The molecule has 8 nitrogen and oxygen atoms in total. The van der Waals surface area contributed by atoms with Crippen LogP contribution in [0.4, 0.5) is 5.69 Å². The van der Waals surface area contributed by atoms with E-state index in [9.17, 15) is 19.5 Å². The summed E-state index contributed by atoms with van der Waals surface area (Å²) >= 11 is 8.80. The maximum Gasteiger partial charge on any atom is 0.337 e. The number of thiazole rings is 1. The van der Waals surface area contributed by atoms with Gasteiger partial charge in [-0.2, -0.15) is 0 Å². The third-order valence-electron chi connectivity index (χ3n) is 6.49. The number of carboxylic acid groups (broad SMARTS) is 1. The monoisotopic (exact) mass is 601 g/mol. The fourth-order valence-electron chi connectivity index (χ4n) is 4.60. The summed E-state index contributed by atoms with van der Waals surface area (Å²) in [7, 11) is 0. The molecule has 0 bridgehead atoms. The Morgan fingerprint density at radius 1 is 1.10 bits per heavy atom. The van der Waals surface area contributed by atoms with Crippen molar-refractivity contribution in [2.45, 2.75) is 13.0 Å². The number of para-hydroxylation sites is 1. The summed E-state index contributed by atoms with van der Waals surface area (Å²) in [5.41, 5.74) is 1.88. The summed E-state index contributed by atoms with van der Waals surface area (Å²) < 4.78 is 7.91. The molecule has 1 atom stereocenters. The lowest BCUT2D eigenvalue weighted by Gasteiger charge is -2.24. The van der Waals surface area contributed by atoms with Crippen LogP contribution in [0.25, 0.3) is 17.4 Å². The Hall–Kier alpha value is -4.51. The molecular formula is C30H20ClN3O5S2. The number of nitrogens with one attached hydrogen (secondary N) is 1. The lowest BCUT2D eigenvalue weighted by atomic mass is 10.0. The Kier molecular flexibility index (Phi) is 7.04. The van der Waals surface area contributed by atoms with E-state index >= 15 is 0 Å². The molecule has 5 aromatic rings. The number of rotatable bonds is 6. The first kappa shape index (κ1) is 26.7. The van der Waals surface area contributed by atoms with E-state index in [1.54, 1.807) is 47.9 Å². The number of halogens is 1. The van der Waals surface area contributed by atoms with Gasteiger partial charge >= 0.3 is 5.97 Å². The Morgan fingerprint density at radius 3 is 2.61 bits per heavy atom. The number of fused-ring (bicyclic) bond motifs is 1. The molecule has 11 heteroatoms. The fourth-order valence-corrected chi connectivity index (χ4v) is 6.72. The molecular weight excluding hydrogens is 582 g/mol. The van der Waals surface area contributed by atoms with E-state index in [-0.39, 0.29) is 22.1 Å². The topological polar surface area (TPSA) is 114 Å². The van der Waals surface area contributed by atoms with Crippen LogP contribution < -0.4 is 20.2 Å². The maximum absolute atomic E-state index is 13.8. The van der Waals surface area contributed by atoms with Gasteiger partial charge in [0.1, 0.15) is 17.6 Å². The van der Waals surface area contributed by atoms with Crippen molar-refractivity contribution in [1.82, 2.24) is 4.57 Å². The summed E-state index contributed by atoms with van der Waals surface area (Å²) in [4.78, 5) is 44.6. The van der Waals surface area contributed by atoms with E-state index < -0.39 is 12.0 Å². The minimum atomic E-state index is -1.12. The predicted molar refractivity (Wildman–Crippen MR) is 159 cm³/mol. The Balaban J connectivity index is 1.40. The minimum Gasteiger partial charge on any atom is -0.478 e. The molecule has 2 N–H and O–H groups in total. The maximum atomic E-state index is 13.8. The first-order valence-corrected chi connectivity index (χ1v) is 14.4. The fraction of sp³-hybridized carbons (Fsp3) is 0.0667. The number of benzene rings is 2. The summed E-state index contributed by atoms with van der Waals surface area (Å²) in [6.07, 6.45) is 1.63. The molecule has 1 aliphatic rings. The van der Waals surface area contributed by atoms with Crippen LogP contribution in [0.15, 0.2) is 104 Å². The van der Waals surface area contributed by atoms with Gasteiger partial charge in [0.25, 0.3) is 11.5 Å². The number of allylic oxidation sites excluding steroid dienone is 1. The van der Waals surface area contributed by atoms with Crippen LogP contribution in [0.2, 0.25) is 5.02 Å². The molecule has 0 saturated carbocycles. The number of anilines is 1. The third-order valence-corrected chi connectivity index (χ3v) is 8.72. The highest BCUT2D eigenvalue weighted by Crippen LogP contribution is 2.33. The number of nitrogens with zero attached hydrogens (tertiary/aromatic N) is 2. The molecule has 1 aliphatic heterocycles. The second-order valence-corrected chi connectivity index (χ2v) is 11.5. The van der Waals surface area contributed by atoms with Crippen molar-refractivity contribution < 1.29 is 19.1 Å². The van der Waals surface area contributed by atoms with E-state index in [1.165, 1.54) is 34.8 Å². The smallest absolute Gasteiger partial charge is 0.337 e. The van der Waals surface area contributed by atoms with Gasteiger partial charge in [-0.1, -0.05) is 53.3 Å². The van der Waals surface area contributed by atoms with Crippen LogP contribution in [-0.4, -0.2) is 21.6 Å². The van der Waals surface area contributed by atoms with Crippen molar-refractivity contribution in [2.24, 2.45) is 4.99 Å². The molecule has 204 valence electrons. The van der Waals surface area contributed by atoms with Gasteiger partial charge in [-0.3, -0.25) is 14.2 Å². The second kappa shape index (κ2) is 10.8. The number of amides is 1. The molecule has 2 aromatic carbocycles. The molecule has 0 unspecified atom stereocenters. The van der Waals surface area contributed by atoms with Crippen molar-refractivity contribution in [3.8, 4) is 11.3 Å². The minimum absolute atomic E-state index is 0.00397. The number of carbonyl (C=O) groups is 2. The number of aromatic carboxylic acids is 1. The lowest BCUT2D eigenvalue weighted by molar-refractivity contribution is -0.113. The van der Waals surface area contributed by atoms with Crippen LogP contribution in [-0.2, 0) is 4.79 Å². The Bertz CT molecular complexity index is 2020. The molecule has 0 radical (unpaired) electrons. The molecule has 0 fully saturated rings. The van der Waals surface area contributed by atoms with E-state index in [0.717, 1.165) is 4.88 Å². The van der Waals surface area contributed by atoms with E-state index in [2.05, 4.69) is 10.3 Å². The predicted octanol–water partition coefficient (Wildman–Crippen LogP) is 5.55. The molecule has 3 aromatic heterocycles. The number of carboxylic acids is 1. The zero-order valence-corrected chi connectivity index (χ0v) is 23.7. The summed E-state index contributed by atoms with van der Waals surface area (Å²) in [6, 6.07) is 20.3. The molecule has 0 aliphatic carbocycles. The SMILES string of the molecule is CC1=C(C(=O)Nc2ccccc2)[C@@H](c2cccs2)n2c(s/c(=C\c3ccc(-c4ccc(C(=O)O)c(Cl)c4)o3)c2=O)=N1. The molecule has 6 rings (SSSR count). The average Bonchev–Trinajstić information content (AvgIpc) is 3.70. The van der Waals surface area contributed by atoms with Gasteiger partial charge in [-0.05, 0) is 54.8 Å². The number of thiophene rings is 1. The first-order valence-electron chi connectivity index (χ1n) is 12.4. The third kappa shape index (κ3) is 5.08. The van der Waals surface area contributed by atoms with Crippen LogP contribution in [0.5, 0.6) is 0 Å². The van der Waals surface area contributed by atoms with Gasteiger partial charge in [0.05, 0.1) is 26.4 Å². The Morgan fingerprint density at radius 2 is 1.90 bits per heavy atom. The summed E-state index contributed by atoms with van der Waals surface area (Å²) in [5.74, 6) is -0.550. The zero-order valence-electron chi connectivity index (χ0n) is 21.3. The average molecular weight is 602 g/mol. The summed E-state index contributed by atoms with van der Waals surface area (Å²) in [6.45, 7) is 1.77. The standard InChI is InChI=1S/C30H20ClN3O5S2/c1-16-25(27(35)33-18-6-3-2-4-7-18)26(23-8-5-13-40-23)34-28(36)24(41-30(34)32-16)15-19-10-12-22(39-19)17-9-11-20(29(37)38)21(31)14-17/h2-15,26H,1H3,(H,33,35)(H,37,38)/b24-15-/t26-/m1/s1. The van der Waals surface area contributed by atoms with Crippen LogP contribution in [0.3, 0.4) is 0 Å². The highest BCUT2D eigenvalue weighted by atomic mass is 35.5. The van der Waals surface area contributed by atoms with E-state index in [1.807, 2.05) is 35.7 Å². The van der Waals surface area contributed by atoms with E-state index in [0.29, 0.717) is 43.4 Å². The van der Waals surface area contributed by atoms with Gasteiger partial charge in [-0.25, -0.2) is 9.79 Å². The molecule has 1 amide bonds. The van der Waals surface area contributed by atoms with Crippen molar-refractivity contribution in [1.29, 1.82) is 0 Å². The number of carbonyl (C=O) groups excluding carboxylic acids is 1. The number of hydrogen-bond donors (Lipinski definition) is 2. The Labute approximate surface area is 245 Å². The number of aromatic nitrogens is 1. The molecule has 0 saturated heterocycles. The normalized spacial score (nSPS) is 15.0. The molecule has 41 heavy (non-hydrogen) atoms. The van der Waals surface area contributed by atoms with Crippen LogP contribution in [0.1, 0.15) is 34.0 Å². The first-order chi connectivity index (χ1) is 19.8. The van der Waals surface area contributed by atoms with Gasteiger partial charge < -0.3 is 14.8 Å². The molecule has 4 heterocycles. The van der Waals surface area contributed by atoms with Crippen molar-refractivity contribution >= 4 is 57.9 Å². The van der Waals surface area contributed by atoms with Crippen molar-refractivity contribution in [3.63, 3.8) is 0 Å². The van der Waals surface area contributed by atoms with Gasteiger partial charge in [0.15, 0.2) is 4.80 Å².